The first-order chi connectivity index (χ1) is 9.61. The zero-order valence-electron chi connectivity index (χ0n) is 11.8. The van der Waals surface area contributed by atoms with Crippen LogP contribution < -0.4 is 5.32 Å². The van der Waals surface area contributed by atoms with E-state index in [-0.39, 0.29) is 11.9 Å². The van der Waals surface area contributed by atoms with Crippen molar-refractivity contribution in [3.05, 3.63) is 53.3 Å². The Morgan fingerprint density at radius 3 is 2.60 bits per heavy atom. The number of rotatable bonds is 4. The molecule has 0 saturated heterocycles. The van der Waals surface area contributed by atoms with Crippen LogP contribution in [0.2, 0.25) is 0 Å². The van der Waals surface area contributed by atoms with Gasteiger partial charge in [0.05, 0.1) is 17.3 Å². The number of thioether (sulfide) groups is 1. The van der Waals surface area contributed by atoms with Crippen LogP contribution in [0.25, 0.3) is 0 Å². The van der Waals surface area contributed by atoms with Gasteiger partial charge >= 0.3 is 0 Å². The van der Waals surface area contributed by atoms with Crippen molar-refractivity contribution in [2.45, 2.75) is 25.0 Å². The van der Waals surface area contributed by atoms with E-state index in [1.165, 1.54) is 11.8 Å². The molecule has 20 heavy (non-hydrogen) atoms. The summed E-state index contributed by atoms with van der Waals surface area (Å²) in [4.78, 5) is 20.7. The second kappa shape index (κ2) is 6.52. The van der Waals surface area contributed by atoms with Crippen LogP contribution in [-0.4, -0.2) is 22.1 Å². The Kier molecular flexibility index (Phi) is 4.74. The van der Waals surface area contributed by atoms with Gasteiger partial charge in [-0.25, -0.2) is 9.97 Å². The molecule has 1 amide bonds. The quantitative estimate of drug-likeness (QED) is 0.694. The van der Waals surface area contributed by atoms with Crippen molar-refractivity contribution in [3.8, 4) is 0 Å². The van der Waals surface area contributed by atoms with Gasteiger partial charge in [0.25, 0.3) is 5.91 Å². The molecule has 0 aliphatic rings. The van der Waals surface area contributed by atoms with E-state index < -0.39 is 0 Å². The molecule has 2 rings (SSSR count). The largest absolute Gasteiger partial charge is 0.345 e. The number of nitrogens with zero attached hydrogens (tertiary/aromatic N) is 2. The van der Waals surface area contributed by atoms with Crippen LogP contribution in [0.3, 0.4) is 0 Å². The van der Waals surface area contributed by atoms with Gasteiger partial charge in [-0.1, -0.05) is 42.1 Å². The van der Waals surface area contributed by atoms with E-state index >= 15 is 0 Å². The maximum absolute atomic E-state index is 12.3. The van der Waals surface area contributed by atoms with Gasteiger partial charge in [-0.2, -0.15) is 0 Å². The molecule has 5 heteroatoms. The summed E-state index contributed by atoms with van der Waals surface area (Å²) in [6.45, 7) is 3.78. The third-order valence-electron chi connectivity index (χ3n) is 3.03. The highest BCUT2D eigenvalue weighted by Crippen LogP contribution is 2.14. The molecule has 1 aromatic carbocycles. The normalized spacial score (nSPS) is 11.9. The molecule has 1 atom stereocenters. The SMILES string of the molecule is CSc1ncc(C(=O)NC(C)c2ccccc2)c(C)n1. The predicted octanol–water partition coefficient (Wildman–Crippen LogP) is 3.00. The van der Waals surface area contributed by atoms with Crippen LogP contribution in [0, 0.1) is 6.92 Å². The molecule has 1 N–H and O–H groups in total. The predicted molar refractivity (Wildman–Crippen MR) is 80.9 cm³/mol. The Bertz CT molecular complexity index is 601. The Balaban J connectivity index is 2.12. The van der Waals surface area contributed by atoms with Gasteiger partial charge in [-0.15, -0.1) is 0 Å². The summed E-state index contributed by atoms with van der Waals surface area (Å²) in [5.74, 6) is -0.147. The maximum Gasteiger partial charge on any atom is 0.255 e. The molecule has 0 saturated carbocycles. The van der Waals surface area contributed by atoms with Crippen molar-refractivity contribution < 1.29 is 4.79 Å². The number of aryl methyl sites for hydroxylation is 1. The van der Waals surface area contributed by atoms with Gasteiger partial charge < -0.3 is 5.32 Å². The molecule has 4 nitrogen and oxygen atoms in total. The molecule has 0 aliphatic heterocycles. The van der Waals surface area contributed by atoms with E-state index in [9.17, 15) is 4.79 Å². The number of hydrogen-bond donors (Lipinski definition) is 1. The maximum atomic E-state index is 12.3. The van der Waals surface area contributed by atoms with Crippen LogP contribution >= 0.6 is 11.8 Å². The van der Waals surface area contributed by atoms with Gasteiger partial charge in [-0.3, -0.25) is 4.79 Å². The number of aromatic nitrogens is 2. The summed E-state index contributed by atoms with van der Waals surface area (Å²) in [5, 5.41) is 3.64. The van der Waals surface area contributed by atoms with E-state index in [2.05, 4.69) is 15.3 Å². The second-order valence-corrected chi connectivity index (χ2v) is 5.24. The summed E-state index contributed by atoms with van der Waals surface area (Å²) in [7, 11) is 0. The number of benzene rings is 1. The molecule has 1 unspecified atom stereocenters. The molecule has 0 spiro atoms. The summed E-state index contributed by atoms with van der Waals surface area (Å²) >= 11 is 1.46. The first-order valence-electron chi connectivity index (χ1n) is 6.35. The van der Waals surface area contributed by atoms with Gasteiger partial charge in [-0.05, 0) is 25.7 Å². The number of carbonyl (C=O) groups excluding carboxylic acids is 1. The van der Waals surface area contributed by atoms with E-state index in [0.29, 0.717) is 16.4 Å². The van der Waals surface area contributed by atoms with Crippen LogP contribution in [0.5, 0.6) is 0 Å². The summed E-state index contributed by atoms with van der Waals surface area (Å²) in [6.07, 6.45) is 3.49. The molecule has 104 valence electrons. The fourth-order valence-electron chi connectivity index (χ4n) is 1.87. The summed E-state index contributed by atoms with van der Waals surface area (Å²) < 4.78 is 0. The first kappa shape index (κ1) is 14.5. The topological polar surface area (TPSA) is 54.9 Å². The lowest BCUT2D eigenvalue weighted by Gasteiger charge is -2.15. The minimum Gasteiger partial charge on any atom is -0.345 e. The van der Waals surface area contributed by atoms with E-state index in [4.69, 9.17) is 0 Å². The third-order valence-corrected chi connectivity index (χ3v) is 3.59. The minimum atomic E-state index is -0.147. The molecular formula is C15H17N3OS. The Morgan fingerprint density at radius 2 is 2.00 bits per heavy atom. The van der Waals surface area contributed by atoms with Gasteiger partial charge in [0, 0.05) is 6.20 Å². The fourth-order valence-corrected chi connectivity index (χ4v) is 2.25. The molecule has 0 aliphatic carbocycles. The van der Waals surface area contributed by atoms with Crippen LogP contribution in [0.4, 0.5) is 0 Å². The highest BCUT2D eigenvalue weighted by Gasteiger charge is 2.14. The minimum absolute atomic E-state index is 0.0525. The van der Waals surface area contributed by atoms with Crippen LogP contribution in [0.1, 0.15) is 34.6 Å². The van der Waals surface area contributed by atoms with Crippen molar-refractivity contribution >= 4 is 17.7 Å². The standard InChI is InChI=1S/C15H17N3OS/c1-10(12-7-5-4-6-8-12)17-14(19)13-9-16-15(20-3)18-11(13)2/h4-10H,1-3H3,(H,17,19). The Hall–Kier alpha value is -1.88. The molecule has 0 fully saturated rings. The van der Waals surface area contributed by atoms with Gasteiger partial charge in [0.2, 0.25) is 0 Å². The van der Waals surface area contributed by atoms with E-state index in [1.807, 2.05) is 50.4 Å². The molecule has 0 bridgehead atoms. The Labute approximate surface area is 123 Å². The zero-order valence-corrected chi connectivity index (χ0v) is 12.6. The molecule has 1 heterocycles. The van der Waals surface area contributed by atoms with Gasteiger partial charge in [0.15, 0.2) is 5.16 Å². The fraction of sp³-hybridized carbons (Fsp3) is 0.267. The molecular weight excluding hydrogens is 270 g/mol. The average Bonchev–Trinajstić information content (AvgIpc) is 2.47. The first-order valence-corrected chi connectivity index (χ1v) is 7.57. The van der Waals surface area contributed by atoms with E-state index in [1.54, 1.807) is 6.20 Å². The van der Waals surface area contributed by atoms with Crippen LogP contribution in [-0.2, 0) is 0 Å². The summed E-state index contributed by atoms with van der Waals surface area (Å²) in [5.41, 5.74) is 2.29. The monoisotopic (exact) mass is 287 g/mol. The number of hydrogen-bond acceptors (Lipinski definition) is 4. The van der Waals surface area contributed by atoms with Crippen molar-refractivity contribution in [3.63, 3.8) is 0 Å². The number of nitrogens with one attached hydrogen (secondary N) is 1. The molecule has 0 radical (unpaired) electrons. The zero-order chi connectivity index (χ0) is 14.5. The van der Waals surface area contributed by atoms with Crippen molar-refractivity contribution in [2.24, 2.45) is 0 Å². The van der Waals surface area contributed by atoms with Crippen LogP contribution in [0.15, 0.2) is 41.7 Å². The number of carbonyl (C=O) groups is 1. The molecule has 1 aromatic heterocycles. The third kappa shape index (κ3) is 3.36. The highest BCUT2D eigenvalue weighted by molar-refractivity contribution is 7.98. The number of amides is 1. The summed E-state index contributed by atoms with van der Waals surface area (Å²) in [6, 6.07) is 9.80. The lowest BCUT2D eigenvalue weighted by Crippen LogP contribution is -2.27. The average molecular weight is 287 g/mol. The lowest BCUT2D eigenvalue weighted by atomic mass is 10.1. The van der Waals surface area contributed by atoms with Gasteiger partial charge in [0.1, 0.15) is 0 Å². The van der Waals surface area contributed by atoms with Crippen molar-refractivity contribution in [1.82, 2.24) is 15.3 Å². The van der Waals surface area contributed by atoms with E-state index in [0.717, 1.165) is 5.56 Å². The Morgan fingerprint density at radius 1 is 1.30 bits per heavy atom. The smallest absolute Gasteiger partial charge is 0.255 e. The highest BCUT2D eigenvalue weighted by atomic mass is 32.2. The second-order valence-electron chi connectivity index (χ2n) is 4.46. The molecule has 2 aromatic rings. The van der Waals surface area contributed by atoms with Crippen molar-refractivity contribution in [2.75, 3.05) is 6.26 Å². The lowest BCUT2D eigenvalue weighted by molar-refractivity contribution is 0.0938. The van der Waals surface area contributed by atoms with Crippen molar-refractivity contribution in [1.29, 1.82) is 0 Å².